The largest absolute Gasteiger partial charge is 0.492 e. The number of amides is 1. The van der Waals surface area contributed by atoms with Crippen LogP contribution in [-0.2, 0) is 16.0 Å². The number of benzene rings is 2. The van der Waals surface area contributed by atoms with Gasteiger partial charge in [-0.1, -0.05) is 42.5 Å². The van der Waals surface area contributed by atoms with E-state index in [1.54, 1.807) is 23.1 Å². The zero-order valence-electron chi connectivity index (χ0n) is 16.3. The average Bonchev–Trinajstić information content (AvgIpc) is 3.16. The highest BCUT2D eigenvalue weighted by atomic mass is 16.5. The van der Waals surface area contributed by atoms with Gasteiger partial charge in [0, 0.05) is 32.0 Å². The summed E-state index contributed by atoms with van der Waals surface area (Å²) < 4.78 is 11.4. The molecule has 0 radical (unpaired) electrons. The number of para-hydroxylation sites is 1. The Hall–Kier alpha value is -2.86. The number of carboxylic acids is 1. The highest BCUT2D eigenvalue weighted by Crippen LogP contribution is 2.43. The molecule has 0 bridgehead atoms. The van der Waals surface area contributed by atoms with E-state index in [1.165, 1.54) is 5.56 Å². The molecule has 2 fully saturated rings. The Kier molecular flexibility index (Phi) is 5.53. The Morgan fingerprint density at radius 1 is 1.14 bits per heavy atom. The van der Waals surface area contributed by atoms with E-state index >= 15 is 0 Å². The van der Waals surface area contributed by atoms with Crippen LogP contribution >= 0.6 is 0 Å². The third-order valence-corrected chi connectivity index (χ3v) is 6.03. The molecular formula is C23H25NO5. The zero-order chi connectivity index (χ0) is 20.3. The van der Waals surface area contributed by atoms with E-state index < -0.39 is 11.4 Å². The number of hydrogen-bond acceptors (Lipinski definition) is 4. The number of aliphatic carboxylic acids is 1. The van der Waals surface area contributed by atoms with Crippen molar-refractivity contribution >= 4 is 11.9 Å². The number of carbonyl (C=O) groups is 2. The number of nitrogens with zero attached hydrogens (tertiary/aromatic N) is 1. The summed E-state index contributed by atoms with van der Waals surface area (Å²) in [5.41, 5.74) is 0.737. The van der Waals surface area contributed by atoms with Gasteiger partial charge in [-0.15, -0.1) is 0 Å². The molecule has 2 aliphatic heterocycles. The maximum atomic E-state index is 13.2. The summed E-state index contributed by atoms with van der Waals surface area (Å²) in [5, 5.41) is 9.83. The molecule has 1 amide bonds. The normalized spacial score (nSPS) is 23.4. The van der Waals surface area contributed by atoms with Crippen molar-refractivity contribution in [2.45, 2.75) is 12.8 Å². The zero-order valence-corrected chi connectivity index (χ0v) is 16.3. The SMILES string of the molecule is O=C(c1ccccc1OCCc1ccccc1)N1C[C@@H]2COCC[C@]2(C(=O)O)C1. The van der Waals surface area contributed by atoms with Crippen molar-refractivity contribution in [3.63, 3.8) is 0 Å². The lowest BCUT2D eigenvalue weighted by Gasteiger charge is -2.33. The molecule has 0 aliphatic carbocycles. The van der Waals surface area contributed by atoms with Gasteiger partial charge in [0.15, 0.2) is 0 Å². The third-order valence-electron chi connectivity index (χ3n) is 6.03. The van der Waals surface area contributed by atoms with Crippen molar-refractivity contribution in [2.24, 2.45) is 11.3 Å². The van der Waals surface area contributed by atoms with Crippen molar-refractivity contribution < 1.29 is 24.2 Å². The number of carboxylic acid groups (broad SMARTS) is 1. The first-order valence-corrected chi connectivity index (χ1v) is 9.96. The quantitative estimate of drug-likeness (QED) is 0.814. The van der Waals surface area contributed by atoms with E-state index in [1.807, 2.05) is 36.4 Å². The number of ether oxygens (including phenoxy) is 2. The molecule has 2 heterocycles. The first-order valence-electron chi connectivity index (χ1n) is 9.96. The van der Waals surface area contributed by atoms with Crippen LogP contribution < -0.4 is 4.74 Å². The maximum Gasteiger partial charge on any atom is 0.311 e. The van der Waals surface area contributed by atoms with Crippen LogP contribution in [0.5, 0.6) is 5.75 Å². The first-order chi connectivity index (χ1) is 14.1. The summed E-state index contributed by atoms with van der Waals surface area (Å²) in [6.45, 7) is 1.87. The lowest BCUT2D eigenvalue weighted by Crippen LogP contribution is -2.45. The smallest absolute Gasteiger partial charge is 0.311 e. The molecule has 1 N–H and O–H groups in total. The molecule has 0 unspecified atom stereocenters. The van der Waals surface area contributed by atoms with E-state index in [0.717, 1.165) is 6.42 Å². The van der Waals surface area contributed by atoms with Crippen LogP contribution in [0.1, 0.15) is 22.3 Å². The van der Waals surface area contributed by atoms with Crippen LogP contribution in [0.3, 0.4) is 0 Å². The molecule has 0 saturated carbocycles. The summed E-state index contributed by atoms with van der Waals surface area (Å²) >= 11 is 0. The maximum absolute atomic E-state index is 13.2. The topological polar surface area (TPSA) is 76.1 Å². The van der Waals surface area contributed by atoms with Gasteiger partial charge in [-0.05, 0) is 24.1 Å². The summed E-state index contributed by atoms with van der Waals surface area (Å²) in [5.74, 6) is -0.670. The minimum absolute atomic E-state index is 0.177. The van der Waals surface area contributed by atoms with Crippen LogP contribution in [-0.4, -0.2) is 54.8 Å². The highest BCUT2D eigenvalue weighted by Gasteiger charge is 2.55. The lowest BCUT2D eigenvalue weighted by atomic mass is 9.74. The molecule has 152 valence electrons. The minimum atomic E-state index is -0.906. The van der Waals surface area contributed by atoms with E-state index in [4.69, 9.17) is 9.47 Å². The van der Waals surface area contributed by atoms with E-state index in [-0.39, 0.29) is 18.4 Å². The van der Waals surface area contributed by atoms with Crippen LogP contribution in [0, 0.1) is 11.3 Å². The van der Waals surface area contributed by atoms with Gasteiger partial charge in [0.25, 0.3) is 5.91 Å². The average molecular weight is 395 g/mol. The molecule has 6 heteroatoms. The van der Waals surface area contributed by atoms with Gasteiger partial charge < -0.3 is 19.5 Å². The molecule has 0 spiro atoms. The fourth-order valence-corrected chi connectivity index (χ4v) is 4.32. The molecule has 0 aromatic heterocycles. The Balaban J connectivity index is 1.47. The van der Waals surface area contributed by atoms with Crippen LogP contribution in [0.25, 0.3) is 0 Å². The lowest BCUT2D eigenvalue weighted by molar-refractivity contribution is -0.157. The molecule has 2 saturated heterocycles. The molecule has 29 heavy (non-hydrogen) atoms. The van der Waals surface area contributed by atoms with Gasteiger partial charge >= 0.3 is 5.97 Å². The molecule has 2 atom stereocenters. The number of carbonyl (C=O) groups excluding carboxylic acids is 1. The van der Waals surface area contributed by atoms with Gasteiger partial charge in [0.1, 0.15) is 5.75 Å². The second-order valence-corrected chi connectivity index (χ2v) is 7.75. The van der Waals surface area contributed by atoms with E-state index in [0.29, 0.717) is 44.1 Å². The molecule has 2 aliphatic rings. The summed E-state index contributed by atoms with van der Waals surface area (Å²) in [7, 11) is 0. The van der Waals surface area contributed by atoms with Gasteiger partial charge in [-0.3, -0.25) is 9.59 Å². The van der Waals surface area contributed by atoms with Crippen molar-refractivity contribution in [1.82, 2.24) is 4.90 Å². The van der Waals surface area contributed by atoms with Gasteiger partial charge in [0.05, 0.1) is 24.2 Å². The molecule has 6 nitrogen and oxygen atoms in total. The third kappa shape index (κ3) is 3.85. The Bertz CT molecular complexity index is 884. The second kappa shape index (κ2) is 8.25. The second-order valence-electron chi connectivity index (χ2n) is 7.75. The monoisotopic (exact) mass is 395 g/mol. The van der Waals surface area contributed by atoms with E-state index in [9.17, 15) is 14.7 Å². The van der Waals surface area contributed by atoms with Crippen molar-refractivity contribution in [3.05, 3.63) is 65.7 Å². The summed E-state index contributed by atoms with van der Waals surface area (Å²) in [6.07, 6.45) is 1.18. The Labute approximate surface area is 170 Å². The molecule has 2 aromatic rings. The minimum Gasteiger partial charge on any atom is -0.492 e. The summed E-state index contributed by atoms with van der Waals surface area (Å²) in [6, 6.07) is 17.2. The van der Waals surface area contributed by atoms with E-state index in [2.05, 4.69) is 0 Å². The summed E-state index contributed by atoms with van der Waals surface area (Å²) in [4.78, 5) is 26.9. The standard InChI is InChI=1S/C23H25NO5/c25-21(24-14-18-15-28-13-11-23(18,16-24)22(26)27)19-8-4-5-9-20(19)29-12-10-17-6-2-1-3-7-17/h1-9,18H,10-16H2,(H,26,27)/t18-,23+/m1/s1. The Morgan fingerprint density at radius 2 is 1.90 bits per heavy atom. The van der Waals surface area contributed by atoms with Crippen LogP contribution in [0.4, 0.5) is 0 Å². The number of rotatable bonds is 6. The van der Waals surface area contributed by atoms with Crippen molar-refractivity contribution in [1.29, 1.82) is 0 Å². The fourth-order valence-electron chi connectivity index (χ4n) is 4.32. The highest BCUT2D eigenvalue weighted by molar-refractivity contribution is 5.97. The predicted molar refractivity (Wildman–Crippen MR) is 107 cm³/mol. The number of fused-ring (bicyclic) bond motifs is 1. The number of hydrogen-bond donors (Lipinski definition) is 1. The fraction of sp³-hybridized carbons (Fsp3) is 0.391. The molecule has 4 rings (SSSR count). The van der Waals surface area contributed by atoms with Crippen LogP contribution in [0.2, 0.25) is 0 Å². The first kappa shape index (κ1) is 19.5. The number of likely N-dealkylation sites (tertiary alicyclic amines) is 1. The molecule has 2 aromatic carbocycles. The molecular weight excluding hydrogens is 370 g/mol. The van der Waals surface area contributed by atoms with Gasteiger partial charge in [0.2, 0.25) is 0 Å². The predicted octanol–water partition coefficient (Wildman–Crippen LogP) is 2.87. The van der Waals surface area contributed by atoms with Crippen molar-refractivity contribution in [2.75, 3.05) is 32.9 Å². The van der Waals surface area contributed by atoms with Crippen molar-refractivity contribution in [3.8, 4) is 5.75 Å². The van der Waals surface area contributed by atoms with Crippen LogP contribution in [0.15, 0.2) is 54.6 Å². The Morgan fingerprint density at radius 3 is 2.66 bits per heavy atom. The van der Waals surface area contributed by atoms with Gasteiger partial charge in [-0.25, -0.2) is 0 Å². The van der Waals surface area contributed by atoms with Gasteiger partial charge in [-0.2, -0.15) is 0 Å².